The van der Waals surface area contributed by atoms with E-state index in [4.69, 9.17) is 0 Å². The van der Waals surface area contributed by atoms with Crippen molar-refractivity contribution in [3.63, 3.8) is 0 Å². The van der Waals surface area contributed by atoms with Gasteiger partial charge in [-0.25, -0.2) is 5.48 Å². The van der Waals surface area contributed by atoms with E-state index in [2.05, 4.69) is 39.8 Å². The molecular weight excluding hydrogens is 368 g/mol. The molecule has 1 saturated carbocycles. The zero-order valence-corrected chi connectivity index (χ0v) is 17.1. The number of Topliss-reactive ketones (excluding diaryl/α,β-unsaturated/α-hetero) is 1. The topological polar surface area (TPSA) is 93.7 Å². The molecule has 1 spiro atoms. The SMILES string of the molecule is CN(C)c1cccc(C2=CCNC(C(=O)C3NCC4(CC4)CC3C(=O)NO)C2)c1. The smallest absolute Gasteiger partial charge is 0.248 e. The average molecular weight is 399 g/mol. The van der Waals surface area contributed by atoms with Crippen LogP contribution < -0.4 is 21.0 Å². The quantitative estimate of drug-likeness (QED) is 0.442. The van der Waals surface area contributed by atoms with Crippen LogP contribution >= 0.6 is 0 Å². The lowest BCUT2D eigenvalue weighted by Crippen LogP contribution is -2.59. The summed E-state index contributed by atoms with van der Waals surface area (Å²) in [5.74, 6) is -0.993. The Balaban J connectivity index is 1.49. The molecule has 7 nitrogen and oxygen atoms in total. The van der Waals surface area contributed by atoms with Gasteiger partial charge in [-0.2, -0.15) is 0 Å². The number of hydrogen-bond acceptors (Lipinski definition) is 6. The molecule has 1 aromatic carbocycles. The van der Waals surface area contributed by atoms with Gasteiger partial charge in [0.15, 0.2) is 5.78 Å². The highest BCUT2D eigenvalue weighted by molar-refractivity contribution is 5.96. The van der Waals surface area contributed by atoms with E-state index in [9.17, 15) is 14.8 Å². The predicted octanol–water partition coefficient (Wildman–Crippen LogP) is 1.33. The Morgan fingerprint density at radius 2 is 2.03 bits per heavy atom. The lowest BCUT2D eigenvalue weighted by molar-refractivity contribution is -0.140. The van der Waals surface area contributed by atoms with Crippen molar-refractivity contribution in [2.75, 3.05) is 32.1 Å². The van der Waals surface area contributed by atoms with Crippen LogP contribution in [0.5, 0.6) is 0 Å². The molecule has 1 amide bonds. The summed E-state index contributed by atoms with van der Waals surface area (Å²) >= 11 is 0. The third-order valence-corrected chi connectivity index (χ3v) is 6.68. The first kappa shape index (κ1) is 20.1. The Hall–Kier alpha value is -2.22. The van der Waals surface area contributed by atoms with Crippen LogP contribution in [0.4, 0.5) is 5.69 Å². The van der Waals surface area contributed by atoms with Crippen molar-refractivity contribution in [1.29, 1.82) is 0 Å². The van der Waals surface area contributed by atoms with Gasteiger partial charge in [-0.05, 0) is 54.4 Å². The van der Waals surface area contributed by atoms with E-state index < -0.39 is 17.9 Å². The molecule has 0 aromatic heterocycles. The lowest BCUT2D eigenvalue weighted by atomic mass is 9.78. The normalized spacial score (nSPS) is 27.8. The number of rotatable bonds is 5. The van der Waals surface area contributed by atoms with Crippen LogP contribution in [0.25, 0.3) is 5.57 Å². The highest BCUT2D eigenvalue weighted by Crippen LogP contribution is 2.52. The van der Waals surface area contributed by atoms with E-state index in [1.54, 1.807) is 5.48 Å². The second-order valence-electron chi connectivity index (χ2n) is 8.89. The number of benzene rings is 1. The highest BCUT2D eigenvalue weighted by atomic mass is 16.5. The van der Waals surface area contributed by atoms with Crippen molar-refractivity contribution in [3.8, 4) is 0 Å². The maximum atomic E-state index is 13.3. The minimum Gasteiger partial charge on any atom is -0.378 e. The van der Waals surface area contributed by atoms with Crippen LogP contribution in [0.15, 0.2) is 30.3 Å². The van der Waals surface area contributed by atoms with Crippen LogP contribution in [-0.2, 0) is 9.59 Å². The summed E-state index contributed by atoms with van der Waals surface area (Å²) in [6, 6.07) is 7.38. The first-order valence-electron chi connectivity index (χ1n) is 10.3. The van der Waals surface area contributed by atoms with E-state index in [1.165, 1.54) is 0 Å². The molecule has 2 heterocycles. The molecule has 4 N–H and O–H groups in total. The molecule has 3 atom stereocenters. The minimum atomic E-state index is -0.571. The summed E-state index contributed by atoms with van der Waals surface area (Å²) in [5.41, 5.74) is 5.28. The molecule has 3 unspecified atom stereocenters. The molecule has 7 heteroatoms. The van der Waals surface area contributed by atoms with Crippen molar-refractivity contribution < 1.29 is 14.8 Å². The van der Waals surface area contributed by atoms with E-state index in [-0.39, 0.29) is 17.2 Å². The largest absolute Gasteiger partial charge is 0.378 e. The number of piperidine rings is 1. The maximum Gasteiger partial charge on any atom is 0.248 e. The monoisotopic (exact) mass is 398 g/mol. The summed E-state index contributed by atoms with van der Waals surface area (Å²) in [4.78, 5) is 27.7. The molecular formula is C22H30N4O3. The van der Waals surface area contributed by atoms with E-state index >= 15 is 0 Å². The Labute approximate surface area is 171 Å². The summed E-state index contributed by atoms with van der Waals surface area (Å²) in [7, 11) is 4.02. The van der Waals surface area contributed by atoms with Crippen molar-refractivity contribution >= 4 is 23.0 Å². The number of hydroxylamine groups is 1. The predicted molar refractivity (Wildman–Crippen MR) is 112 cm³/mol. The molecule has 0 radical (unpaired) electrons. The number of hydrogen-bond donors (Lipinski definition) is 4. The van der Waals surface area contributed by atoms with Gasteiger partial charge < -0.3 is 15.5 Å². The Kier molecular flexibility index (Phi) is 5.46. The van der Waals surface area contributed by atoms with Crippen LogP contribution in [0, 0.1) is 11.3 Å². The first-order valence-corrected chi connectivity index (χ1v) is 10.3. The van der Waals surface area contributed by atoms with Gasteiger partial charge in [0.2, 0.25) is 5.91 Å². The van der Waals surface area contributed by atoms with Crippen LogP contribution in [0.2, 0.25) is 0 Å². The number of carbonyl (C=O) groups excluding carboxylic acids is 2. The van der Waals surface area contributed by atoms with Crippen molar-refractivity contribution in [2.45, 2.75) is 37.8 Å². The fourth-order valence-electron chi connectivity index (χ4n) is 4.65. The Morgan fingerprint density at radius 1 is 1.24 bits per heavy atom. The van der Waals surface area contributed by atoms with Gasteiger partial charge >= 0.3 is 0 Å². The summed E-state index contributed by atoms with van der Waals surface area (Å²) < 4.78 is 0. The van der Waals surface area contributed by atoms with Crippen LogP contribution in [0.3, 0.4) is 0 Å². The molecule has 3 aliphatic rings. The van der Waals surface area contributed by atoms with Gasteiger partial charge in [-0.15, -0.1) is 0 Å². The van der Waals surface area contributed by atoms with Gasteiger partial charge in [-0.1, -0.05) is 18.2 Å². The standard InChI is InChI=1S/C22H30N4O3/c1-26(2)16-5-3-4-14(10-16)15-6-9-23-18(11-15)20(27)19-17(21(28)25-29)12-22(7-8-22)13-24-19/h3-6,10,17-19,23-24,29H,7-9,11-13H2,1-2H3,(H,25,28). The Morgan fingerprint density at radius 3 is 2.72 bits per heavy atom. The van der Waals surface area contributed by atoms with E-state index in [1.807, 2.05) is 20.2 Å². The number of ketones is 1. The second kappa shape index (κ2) is 7.89. The number of carbonyl (C=O) groups is 2. The molecule has 29 heavy (non-hydrogen) atoms. The molecule has 156 valence electrons. The molecule has 0 bridgehead atoms. The number of amides is 1. The molecule has 1 aliphatic carbocycles. The second-order valence-corrected chi connectivity index (χ2v) is 8.89. The van der Waals surface area contributed by atoms with Gasteiger partial charge in [0.25, 0.3) is 0 Å². The van der Waals surface area contributed by atoms with E-state index in [0.29, 0.717) is 19.4 Å². The molecule has 1 saturated heterocycles. The van der Waals surface area contributed by atoms with Crippen molar-refractivity contribution in [1.82, 2.24) is 16.1 Å². The van der Waals surface area contributed by atoms with Crippen LogP contribution in [-0.4, -0.2) is 56.2 Å². The fourth-order valence-corrected chi connectivity index (χ4v) is 4.65. The van der Waals surface area contributed by atoms with Gasteiger partial charge in [-0.3, -0.25) is 14.8 Å². The fraction of sp³-hybridized carbons (Fsp3) is 0.545. The molecule has 4 rings (SSSR count). The lowest BCUT2D eigenvalue weighted by Gasteiger charge is -2.37. The molecule has 2 aliphatic heterocycles. The molecule has 1 aromatic rings. The third kappa shape index (κ3) is 4.08. The van der Waals surface area contributed by atoms with Crippen molar-refractivity contribution in [2.24, 2.45) is 11.3 Å². The van der Waals surface area contributed by atoms with Gasteiger partial charge in [0.05, 0.1) is 18.0 Å². The number of nitrogens with zero attached hydrogens (tertiary/aromatic N) is 1. The number of anilines is 1. The van der Waals surface area contributed by atoms with Crippen molar-refractivity contribution in [3.05, 3.63) is 35.9 Å². The highest BCUT2D eigenvalue weighted by Gasteiger charge is 2.52. The van der Waals surface area contributed by atoms with Crippen LogP contribution in [0.1, 0.15) is 31.2 Å². The maximum absolute atomic E-state index is 13.3. The summed E-state index contributed by atoms with van der Waals surface area (Å²) in [6.45, 7) is 1.38. The summed E-state index contributed by atoms with van der Waals surface area (Å²) in [6.07, 6.45) is 5.53. The third-order valence-electron chi connectivity index (χ3n) is 6.68. The zero-order chi connectivity index (χ0) is 20.6. The Bertz CT molecular complexity index is 831. The summed E-state index contributed by atoms with van der Waals surface area (Å²) in [5, 5.41) is 15.8. The van der Waals surface area contributed by atoms with Gasteiger partial charge in [0, 0.05) is 32.9 Å². The van der Waals surface area contributed by atoms with E-state index in [0.717, 1.165) is 36.2 Å². The zero-order valence-electron chi connectivity index (χ0n) is 17.1. The van der Waals surface area contributed by atoms with Gasteiger partial charge in [0.1, 0.15) is 0 Å². The minimum absolute atomic E-state index is 0.00321. The molecule has 2 fully saturated rings. The average Bonchev–Trinajstić information content (AvgIpc) is 3.51. The first-order chi connectivity index (χ1) is 13.9. The number of nitrogens with one attached hydrogen (secondary N) is 3.